The highest BCUT2D eigenvalue weighted by Crippen LogP contribution is 2.15. The van der Waals surface area contributed by atoms with E-state index in [1.54, 1.807) is 6.92 Å². The van der Waals surface area contributed by atoms with E-state index in [1.165, 1.54) is 6.20 Å². The van der Waals surface area contributed by atoms with Gasteiger partial charge in [0.25, 0.3) is 5.91 Å². The molecule has 1 unspecified atom stereocenters. The normalized spacial score (nSPS) is 11.4. The topological polar surface area (TPSA) is 75.4 Å². The van der Waals surface area contributed by atoms with Crippen molar-refractivity contribution >= 4 is 5.91 Å². The zero-order valence-electron chi connectivity index (χ0n) is 11.9. The SMILES string of the molecule is Cc1oncc1C(=O)NC(C)c1ccc(C#CCO)cc1. The van der Waals surface area contributed by atoms with Crippen LogP contribution in [0.3, 0.4) is 0 Å². The van der Waals surface area contributed by atoms with Crippen molar-refractivity contribution in [3.05, 3.63) is 52.9 Å². The second kappa shape index (κ2) is 6.73. The van der Waals surface area contributed by atoms with Gasteiger partial charge in [0, 0.05) is 5.56 Å². The van der Waals surface area contributed by atoms with Crippen LogP contribution in [-0.4, -0.2) is 22.8 Å². The molecule has 0 radical (unpaired) electrons. The molecule has 0 aliphatic rings. The molecule has 5 nitrogen and oxygen atoms in total. The molecule has 0 aliphatic heterocycles. The van der Waals surface area contributed by atoms with Crippen molar-refractivity contribution < 1.29 is 14.4 Å². The number of carbonyl (C=O) groups is 1. The molecule has 21 heavy (non-hydrogen) atoms. The zero-order valence-corrected chi connectivity index (χ0v) is 11.9. The van der Waals surface area contributed by atoms with Gasteiger partial charge in [-0.15, -0.1) is 0 Å². The quantitative estimate of drug-likeness (QED) is 0.843. The lowest BCUT2D eigenvalue weighted by Gasteiger charge is -2.13. The van der Waals surface area contributed by atoms with Crippen LogP contribution < -0.4 is 5.32 Å². The van der Waals surface area contributed by atoms with Crippen LogP contribution in [0.15, 0.2) is 35.0 Å². The minimum Gasteiger partial charge on any atom is -0.384 e. The van der Waals surface area contributed by atoms with E-state index >= 15 is 0 Å². The van der Waals surface area contributed by atoms with E-state index in [4.69, 9.17) is 9.63 Å². The average Bonchev–Trinajstić information content (AvgIpc) is 2.91. The molecule has 1 atom stereocenters. The molecule has 1 aromatic heterocycles. The number of benzene rings is 1. The number of aliphatic hydroxyl groups is 1. The summed E-state index contributed by atoms with van der Waals surface area (Å²) in [5, 5.41) is 15.1. The van der Waals surface area contributed by atoms with Crippen LogP contribution in [0.25, 0.3) is 0 Å². The van der Waals surface area contributed by atoms with Crippen molar-refractivity contribution in [2.45, 2.75) is 19.9 Å². The van der Waals surface area contributed by atoms with Gasteiger partial charge in [-0.05, 0) is 31.5 Å². The molecule has 5 heteroatoms. The Kier molecular flexibility index (Phi) is 4.75. The molecule has 0 fully saturated rings. The summed E-state index contributed by atoms with van der Waals surface area (Å²) >= 11 is 0. The molecule has 0 bridgehead atoms. The molecule has 0 spiro atoms. The van der Waals surface area contributed by atoms with Gasteiger partial charge in [0.1, 0.15) is 17.9 Å². The van der Waals surface area contributed by atoms with E-state index in [1.807, 2.05) is 31.2 Å². The van der Waals surface area contributed by atoms with Crippen molar-refractivity contribution in [1.82, 2.24) is 10.5 Å². The Balaban J connectivity index is 2.05. The van der Waals surface area contributed by atoms with E-state index < -0.39 is 0 Å². The van der Waals surface area contributed by atoms with Crippen LogP contribution in [0.4, 0.5) is 0 Å². The zero-order chi connectivity index (χ0) is 15.2. The molecular weight excluding hydrogens is 268 g/mol. The summed E-state index contributed by atoms with van der Waals surface area (Å²) in [5.74, 6) is 5.69. The predicted molar refractivity (Wildman–Crippen MR) is 77.5 cm³/mol. The van der Waals surface area contributed by atoms with E-state index in [2.05, 4.69) is 22.3 Å². The molecule has 1 amide bonds. The summed E-state index contributed by atoms with van der Waals surface area (Å²) in [6.07, 6.45) is 1.41. The van der Waals surface area contributed by atoms with Gasteiger partial charge in [0.05, 0.1) is 12.2 Å². The second-order valence-electron chi connectivity index (χ2n) is 4.57. The smallest absolute Gasteiger partial charge is 0.256 e. The lowest BCUT2D eigenvalue weighted by molar-refractivity contribution is 0.0938. The third kappa shape index (κ3) is 3.71. The Morgan fingerprint density at radius 1 is 1.43 bits per heavy atom. The lowest BCUT2D eigenvalue weighted by Crippen LogP contribution is -2.26. The molecule has 2 rings (SSSR count). The van der Waals surface area contributed by atoms with Crippen LogP contribution in [0.1, 0.15) is 40.2 Å². The molecule has 0 saturated carbocycles. The molecule has 1 heterocycles. The number of nitrogens with zero attached hydrogens (tertiary/aromatic N) is 1. The summed E-state index contributed by atoms with van der Waals surface area (Å²) in [4.78, 5) is 12.1. The molecule has 0 saturated heterocycles. The van der Waals surface area contributed by atoms with Gasteiger partial charge in [-0.1, -0.05) is 29.1 Å². The van der Waals surface area contributed by atoms with E-state index in [0.29, 0.717) is 11.3 Å². The van der Waals surface area contributed by atoms with E-state index in [0.717, 1.165) is 11.1 Å². The molecule has 2 N–H and O–H groups in total. The lowest BCUT2D eigenvalue weighted by atomic mass is 10.1. The molecule has 108 valence electrons. The third-order valence-corrected chi connectivity index (χ3v) is 3.07. The first kappa shape index (κ1) is 14.8. The summed E-state index contributed by atoms with van der Waals surface area (Å²) in [6.45, 7) is 3.43. The Hall–Kier alpha value is -2.58. The van der Waals surface area contributed by atoms with E-state index in [-0.39, 0.29) is 18.6 Å². The molecule has 2 aromatic rings. The minimum atomic E-state index is -0.217. The highest BCUT2D eigenvalue weighted by molar-refractivity contribution is 5.94. The minimum absolute atomic E-state index is 0.147. The Morgan fingerprint density at radius 2 is 2.14 bits per heavy atom. The van der Waals surface area contributed by atoms with Crippen molar-refractivity contribution in [1.29, 1.82) is 0 Å². The van der Waals surface area contributed by atoms with Crippen molar-refractivity contribution in [3.8, 4) is 11.8 Å². The molecule has 0 aliphatic carbocycles. The first-order valence-electron chi connectivity index (χ1n) is 6.53. The Morgan fingerprint density at radius 3 is 2.71 bits per heavy atom. The van der Waals surface area contributed by atoms with E-state index in [9.17, 15) is 4.79 Å². The summed E-state index contributed by atoms with van der Waals surface area (Å²) in [6, 6.07) is 7.35. The van der Waals surface area contributed by atoms with Crippen LogP contribution in [0.2, 0.25) is 0 Å². The standard InChI is InChI=1S/C16H16N2O3/c1-11(18-16(20)15-10-17-21-12(15)2)14-7-5-13(6-8-14)4-3-9-19/h5-8,10-11,19H,9H2,1-2H3,(H,18,20). The number of aryl methyl sites for hydroxylation is 1. The number of nitrogens with one attached hydrogen (secondary N) is 1. The number of hydrogen-bond acceptors (Lipinski definition) is 4. The number of aromatic nitrogens is 1. The second-order valence-corrected chi connectivity index (χ2v) is 4.57. The van der Waals surface area contributed by atoms with Crippen molar-refractivity contribution in [3.63, 3.8) is 0 Å². The van der Waals surface area contributed by atoms with Crippen LogP contribution in [-0.2, 0) is 0 Å². The summed E-state index contributed by atoms with van der Waals surface area (Å²) in [5.41, 5.74) is 2.22. The number of hydrogen-bond donors (Lipinski definition) is 2. The Bertz CT molecular complexity index is 678. The number of rotatable bonds is 3. The summed E-state index contributed by atoms with van der Waals surface area (Å²) in [7, 11) is 0. The first-order chi connectivity index (χ1) is 10.1. The van der Waals surface area contributed by atoms with Crippen LogP contribution in [0.5, 0.6) is 0 Å². The highest BCUT2D eigenvalue weighted by atomic mass is 16.5. The van der Waals surface area contributed by atoms with Crippen molar-refractivity contribution in [2.24, 2.45) is 0 Å². The third-order valence-electron chi connectivity index (χ3n) is 3.07. The number of carbonyl (C=O) groups excluding carboxylic acids is 1. The van der Waals surface area contributed by atoms with Gasteiger partial charge in [-0.2, -0.15) is 0 Å². The largest absolute Gasteiger partial charge is 0.384 e. The van der Waals surface area contributed by atoms with Gasteiger partial charge in [-0.25, -0.2) is 0 Å². The Labute approximate surface area is 123 Å². The predicted octanol–water partition coefficient (Wildman–Crippen LogP) is 1.82. The fourth-order valence-electron chi connectivity index (χ4n) is 1.87. The molecular formula is C16H16N2O3. The van der Waals surface area contributed by atoms with Crippen LogP contribution >= 0.6 is 0 Å². The monoisotopic (exact) mass is 284 g/mol. The fraction of sp³-hybridized carbons (Fsp3) is 0.250. The van der Waals surface area contributed by atoms with Gasteiger partial charge < -0.3 is 14.9 Å². The maximum absolute atomic E-state index is 12.1. The maximum Gasteiger partial charge on any atom is 0.256 e. The van der Waals surface area contributed by atoms with Gasteiger partial charge in [0.15, 0.2) is 0 Å². The van der Waals surface area contributed by atoms with Gasteiger partial charge in [0.2, 0.25) is 0 Å². The first-order valence-corrected chi connectivity index (χ1v) is 6.53. The molecule has 1 aromatic carbocycles. The number of aliphatic hydroxyl groups excluding tert-OH is 1. The fourth-order valence-corrected chi connectivity index (χ4v) is 1.87. The van der Waals surface area contributed by atoms with Gasteiger partial charge in [-0.3, -0.25) is 4.79 Å². The summed E-state index contributed by atoms with van der Waals surface area (Å²) < 4.78 is 4.88. The maximum atomic E-state index is 12.1. The van der Waals surface area contributed by atoms with Crippen LogP contribution in [0, 0.1) is 18.8 Å². The highest BCUT2D eigenvalue weighted by Gasteiger charge is 2.15. The number of amides is 1. The van der Waals surface area contributed by atoms with Gasteiger partial charge >= 0.3 is 0 Å². The average molecular weight is 284 g/mol. The van der Waals surface area contributed by atoms with Crippen molar-refractivity contribution in [2.75, 3.05) is 6.61 Å².